The molecule has 0 unspecified atom stereocenters. The first-order valence-corrected chi connectivity index (χ1v) is 8.33. The van der Waals surface area contributed by atoms with E-state index in [9.17, 15) is 5.11 Å². The Morgan fingerprint density at radius 1 is 1.00 bits per heavy atom. The molecule has 1 aromatic heterocycles. The summed E-state index contributed by atoms with van der Waals surface area (Å²) in [5, 5.41) is 21.5. The summed E-state index contributed by atoms with van der Waals surface area (Å²) in [6.07, 6.45) is 3.21. The van der Waals surface area contributed by atoms with Crippen molar-refractivity contribution < 1.29 is 5.11 Å². The van der Waals surface area contributed by atoms with Gasteiger partial charge < -0.3 is 5.11 Å². The highest BCUT2D eigenvalue weighted by molar-refractivity contribution is 5.67. The molecule has 0 saturated heterocycles. The molecule has 0 spiro atoms. The van der Waals surface area contributed by atoms with Crippen LogP contribution in [0.15, 0.2) is 60.7 Å². The maximum atomic E-state index is 9.41. The quantitative estimate of drug-likeness (QED) is 0.795. The Bertz CT molecular complexity index is 870. The SMILES string of the molecule is Oc1ccc(C2=CCN(Cc3nnnn3-c3ccccc3)CC2)cc1. The summed E-state index contributed by atoms with van der Waals surface area (Å²) in [7, 11) is 0. The van der Waals surface area contributed by atoms with Crippen LogP contribution in [-0.2, 0) is 6.54 Å². The van der Waals surface area contributed by atoms with Crippen LogP contribution in [0.5, 0.6) is 5.75 Å². The van der Waals surface area contributed by atoms with Crippen molar-refractivity contribution in [1.29, 1.82) is 0 Å². The van der Waals surface area contributed by atoms with Crippen LogP contribution in [0.25, 0.3) is 11.3 Å². The number of aromatic nitrogens is 4. The Morgan fingerprint density at radius 2 is 1.80 bits per heavy atom. The molecule has 0 saturated carbocycles. The number of para-hydroxylation sites is 1. The van der Waals surface area contributed by atoms with Gasteiger partial charge in [0, 0.05) is 13.1 Å². The lowest BCUT2D eigenvalue weighted by Gasteiger charge is -2.25. The average molecular weight is 333 g/mol. The van der Waals surface area contributed by atoms with Gasteiger partial charge in [-0.3, -0.25) is 4.90 Å². The lowest BCUT2D eigenvalue weighted by atomic mass is 9.99. The molecule has 3 aromatic rings. The topological polar surface area (TPSA) is 67.1 Å². The van der Waals surface area contributed by atoms with Gasteiger partial charge in [0.15, 0.2) is 5.82 Å². The molecule has 0 radical (unpaired) electrons. The first kappa shape index (κ1) is 15.5. The molecule has 0 amide bonds. The third kappa shape index (κ3) is 3.44. The fourth-order valence-corrected chi connectivity index (χ4v) is 3.07. The van der Waals surface area contributed by atoms with Crippen LogP contribution in [-0.4, -0.2) is 43.3 Å². The minimum absolute atomic E-state index is 0.300. The fourth-order valence-electron chi connectivity index (χ4n) is 3.07. The number of phenolic OH excluding ortho intramolecular Hbond substituents is 1. The minimum atomic E-state index is 0.300. The average Bonchev–Trinajstić information content (AvgIpc) is 3.12. The lowest BCUT2D eigenvalue weighted by molar-refractivity contribution is 0.284. The molecule has 2 heterocycles. The van der Waals surface area contributed by atoms with E-state index in [1.165, 1.54) is 11.1 Å². The molecule has 2 aromatic carbocycles. The van der Waals surface area contributed by atoms with Gasteiger partial charge in [-0.2, -0.15) is 4.68 Å². The molecule has 6 nitrogen and oxygen atoms in total. The third-order valence-corrected chi connectivity index (χ3v) is 4.43. The molecule has 1 aliphatic rings. The van der Waals surface area contributed by atoms with Crippen molar-refractivity contribution in [2.75, 3.05) is 13.1 Å². The number of tetrazole rings is 1. The summed E-state index contributed by atoms with van der Waals surface area (Å²) < 4.78 is 1.79. The molecular formula is C19H19N5O. The van der Waals surface area contributed by atoms with Gasteiger partial charge in [-0.15, -0.1) is 5.10 Å². The molecule has 0 bridgehead atoms. The van der Waals surface area contributed by atoms with Crippen LogP contribution in [0.2, 0.25) is 0 Å². The predicted molar refractivity (Wildman–Crippen MR) is 95.1 cm³/mol. The van der Waals surface area contributed by atoms with Crippen LogP contribution in [0, 0.1) is 0 Å². The fraction of sp³-hybridized carbons (Fsp3) is 0.211. The first-order valence-electron chi connectivity index (χ1n) is 8.33. The molecular weight excluding hydrogens is 314 g/mol. The van der Waals surface area contributed by atoms with Crippen molar-refractivity contribution in [1.82, 2.24) is 25.1 Å². The predicted octanol–water partition coefficient (Wildman–Crippen LogP) is 2.66. The van der Waals surface area contributed by atoms with Crippen molar-refractivity contribution in [2.24, 2.45) is 0 Å². The van der Waals surface area contributed by atoms with Gasteiger partial charge in [-0.25, -0.2) is 0 Å². The molecule has 0 fully saturated rings. The highest BCUT2D eigenvalue weighted by Gasteiger charge is 2.17. The molecule has 0 aliphatic carbocycles. The molecule has 126 valence electrons. The summed E-state index contributed by atoms with van der Waals surface area (Å²) in [4.78, 5) is 2.33. The van der Waals surface area contributed by atoms with Crippen LogP contribution in [0.1, 0.15) is 17.8 Å². The molecule has 1 aliphatic heterocycles. The van der Waals surface area contributed by atoms with Gasteiger partial charge >= 0.3 is 0 Å². The van der Waals surface area contributed by atoms with E-state index in [1.807, 2.05) is 42.5 Å². The summed E-state index contributed by atoms with van der Waals surface area (Å²) in [5.41, 5.74) is 3.46. The highest BCUT2D eigenvalue weighted by atomic mass is 16.3. The Labute approximate surface area is 146 Å². The molecule has 4 rings (SSSR count). The maximum Gasteiger partial charge on any atom is 0.170 e. The highest BCUT2D eigenvalue weighted by Crippen LogP contribution is 2.24. The van der Waals surface area contributed by atoms with Crippen molar-refractivity contribution in [3.05, 3.63) is 72.1 Å². The number of aromatic hydroxyl groups is 1. The largest absolute Gasteiger partial charge is 0.508 e. The standard InChI is InChI=1S/C19H19N5O/c25-18-8-6-15(7-9-18)16-10-12-23(13-11-16)14-19-20-21-22-24(19)17-4-2-1-3-5-17/h1-10,25H,11-14H2. The summed E-state index contributed by atoms with van der Waals surface area (Å²) >= 11 is 0. The maximum absolute atomic E-state index is 9.41. The molecule has 6 heteroatoms. The van der Waals surface area contributed by atoms with Crippen molar-refractivity contribution in [3.8, 4) is 11.4 Å². The van der Waals surface area contributed by atoms with Gasteiger partial charge in [0.25, 0.3) is 0 Å². The van der Waals surface area contributed by atoms with Crippen LogP contribution in [0.3, 0.4) is 0 Å². The zero-order valence-electron chi connectivity index (χ0n) is 13.8. The molecule has 0 atom stereocenters. The van der Waals surface area contributed by atoms with E-state index in [1.54, 1.807) is 16.8 Å². The first-order chi connectivity index (χ1) is 12.3. The van der Waals surface area contributed by atoms with Crippen molar-refractivity contribution in [3.63, 3.8) is 0 Å². The monoisotopic (exact) mass is 333 g/mol. The van der Waals surface area contributed by atoms with Crippen molar-refractivity contribution in [2.45, 2.75) is 13.0 Å². The normalized spacial score (nSPS) is 15.1. The van der Waals surface area contributed by atoms with Gasteiger partial charge in [-0.05, 0) is 52.2 Å². The lowest BCUT2D eigenvalue weighted by Crippen LogP contribution is -2.29. The van der Waals surface area contributed by atoms with E-state index in [-0.39, 0.29) is 0 Å². The Kier molecular flexibility index (Phi) is 4.26. The second-order valence-corrected chi connectivity index (χ2v) is 6.10. The Balaban J connectivity index is 1.46. The van der Waals surface area contributed by atoms with E-state index in [0.717, 1.165) is 31.0 Å². The number of phenols is 1. The zero-order valence-corrected chi connectivity index (χ0v) is 13.8. The number of nitrogens with zero attached hydrogens (tertiary/aromatic N) is 5. The van der Waals surface area contributed by atoms with E-state index in [0.29, 0.717) is 12.3 Å². The second-order valence-electron chi connectivity index (χ2n) is 6.10. The number of hydrogen-bond donors (Lipinski definition) is 1. The van der Waals surface area contributed by atoms with Gasteiger partial charge in [0.05, 0.1) is 12.2 Å². The number of hydrogen-bond acceptors (Lipinski definition) is 5. The van der Waals surface area contributed by atoms with E-state index >= 15 is 0 Å². The molecule has 1 N–H and O–H groups in total. The second kappa shape index (κ2) is 6.86. The Hall–Kier alpha value is -2.99. The van der Waals surface area contributed by atoms with Crippen LogP contribution >= 0.6 is 0 Å². The number of rotatable bonds is 4. The Morgan fingerprint density at radius 3 is 2.52 bits per heavy atom. The van der Waals surface area contributed by atoms with Crippen LogP contribution < -0.4 is 0 Å². The van der Waals surface area contributed by atoms with Gasteiger partial charge in [0.1, 0.15) is 5.75 Å². The van der Waals surface area contributed by atoms with Gasteiger partial charge in [0.2, 0.25) is 0 Å². The van der Waals surface area contributed by atoms with Crippen molar-refractivity contribution >= 4 is 5.57 Å². The molecule has 25 heavy (non-hydrogen) atoms. The zero-order chi connectivity index (χ0) is 17.1. The summed E-state index contributed by atoms with van der Waals surface area (Å²) in [6, 6.07) is 17.3. The summed E-state index contributed by atoms with van der Waals surface area (Å²) in [5.74, 6) is 1.14. The van der Waals surface area contributed by atoms with E-state index in [2.05, 4.69) is 26.5 Å². The number of benzene rings is 2. The van der Waals surface area contributed by atoms with Gasteiger partial charge in [-0.1, -0.05) is 36.4 Å². The smallest absolute Gasteiger partial charge is 0.170 e. The summed E-state index contributed by atoms with van der Waals surface area (Å²) in [6.45, 7) is 2.52. The van der Waals surface area contributed by atoms with E-state index < -0.39 is 0 Å². The minimum Gasteiger partial charge on any atom is -0.508 e. The third-order valence-electron chi connectivity index (χ3n) is 4.43. The van der Waals surface area contributed by atoms with E-state index in [4.69, 9.17) is 0 Å². The van der Waals surface area contributed by atoms with Crippen LogP contribution in [0.4, 0.5) is 0 Å².